The molecule has 2 fully saturated rings. The van der Waals surface area contributed by atoms with E-state index in [-0.39, 0.29) is 17.4 Å². The smallest absolute Gasteiger partial charge is 0.240 e. The summed E-state index contributed by atoms with van der Waals surface area (Å²) in [6.45, 7) is 10.2. The topological polar surface area (TPSA) is 64.3 Å². The van der Waals surface area contributed by atoms with Crippen molar-refractivity contribution in [2.75, 3.05) is 33.7 Å². The molecule has 25 heavy (non-hydrogen) atoms. The highest BCUT2D eigenvalue weighted by Gasteiger charge is 2.46. The summed E-state index contributed by atoms with van der Waals surface area (Å²) in [7, 11) is 4.00. The monoisotopic (exact) mass is 347 g/mol. The van der Waals surface area contributed by atoms with Crippen LogP contribution in [0.3, 0.4) is 0 Å². The maximum atomic E-state index is 13.0. The Labute approximate surface area is 151 Å². The van der Waals surface area contributed by atoms with Gasteiger partial charge in [0, 0.05) is 19.0 Å². The molecule has 1 amide bonds. The molecule has 140 valence electrons. The zero-order valence-electron chi connectivity index (χ0n) is 16.4. The highest BCUT2D eigenvalue weighted by molar-refractivity contribution is 5.82. The molecule has 1 aromatic rings. The average molecular weight is 348 g/mol. The molecule has 2 aliphatic rings. The van der Waals surface area contributed by atoms with Gasteiger partial charge in [0.2, 0.25) is 5.91 Å². The number of likely N-dealkylation sites (tertiary alicyclic amines) is 1. The van der Waals surface area contributed by atoms with Crippen LogP contribution >= 0.6 is 0 Å². The van der Waals surface area contributed by atoms with Crippen molar-refractivity contribution >= 4 is 5.91 Å². The van der Waals surface area contributed by atoms with Crippen molar-refractivity contribution in [3.63, 3.8) is 0 Å². The molecule has 6 heteroatoms. The van der Waals surface area contributed by atoms with Gasteiger partial charge in [0.05, 0.1) is 24.0 Å². The molecule has 0 aromatic carbocycles. The standard InChI is InChI=1S/C19H33N5O/c1-18(2,3)16-10-14(21-22-16)12-23(4)17(25)15-11-19(13-24(15)5)6-8-20-9-7-19/h10,15,20H,6-9,11-13H2,1-5H3,(H,21,22). The summed E-state index contributed by atoms with van der Waals surface area (Å²) in [4.78, 5) is 17.1. The van der Waals surface area contributed by atoms with E-state index in [4.69, 9.17) is 0 Å². The number of aromatic nitrogens is 2. The number of nitrogens with one attached hydrogen (secondary N) is 2. The Kier molecular flexibility index (Phi) is 4.95. The van der Waals surface area contributed by atoms with Gasteiger partial charge >= 0.3 is 0 Å². The SMILES string of the molecule is CN(Cc1cc(C(C)(C)C)n[nH]1)C(=O)C1CC2(CCNCC2)CN1C. The normalized spacial score (nSPS) is 24.0. The molecule has 2 N–H and O–H groups in total. The second kappa shape index (κ2) is 6.72. The number of rotatable bonds is 3. The van der Waals surface area contributed by atoms with Crippen LogP contribution in [0.5, 0.6) is 0 Å². The predicted octanol–water partition coefficient (Wildman–Crippen LogP) is 1.74. The number of amides is 1. The van der Waals surface area contributed by atoms with Crippen molar-refractivity contribution in [3.8, 4) is 0 Å². The number of carbonyl (C=O) groups excluding carboxylic acids is 1. The molecule has 1 unspecified atom stereocenters. The van der Waals surface area contributed by atoms with E-state index in [9.17, 15) is 4.79 Å². The Balaban J connectivity index is 1.63. The van der Waals surface area contributed by atoms with Crippen molar-refractivity contribution in [2.45, 2.75) is 58.0 Å². The Morgan fingerprint density at radius 2 is 2.08 bits per heavy atom. The number of aromatic amines is 1. The molecule has 3 rings (SSSR count). The lowest BCUT2D eigenvalue weighted by Gasteiger charge is -2.33. The Hall–Kier alpha value is -1.40. The van der Waals surface area contributed by atoms with Gasteiger partial charge in [-0.15, -0.1) is 0 Å². The van der Waals surface area contributed by atoms with Gasteiger partial charge in [-0.2, -0.15) is 5.10 Å². The summed E-state index contributed by atoms with van der Waals surface area (Å²) in [5, 5.41) is 10.9. The minimum absolute atomic E-state index is 0.00751. The number of carbonyl (C=O) groups is 1. The Morgan fingerprint density at radius 1 is 1.40 bits per heavy atom. The van der Waals surface area contributed by atoms with Gasteiger partial charge in [0.25, 0.3) is 0 Å². The second-order valence-electron chi connectivity index (χ2n) is 9.11. The van der Waals surface area contributed by atoms with Crippen LogP contribution in [0.2, 0.25) is 0 Å². The van der Waals surface area contributed by atoms with Crippen LogP contribution in [0.25, 0.3) is 0 Å². The van der Waals surface area contributed by atoms with Gasteiger partial charge < -0.3 is 10.2 Å². The van der Waals surface area contributed by atoms with Gasteiger partial charge in [-0.1, -0.05) is 20.8 Å². The average Bonchev–Trinajstić information content (AvgIpc) is 3.12. The fourth-order valence-corrected chi connectivity index (χ4v) is 4.28. The van der Waals surface area contributed by atoms with E-state index in [2.05, 4.69) is 54.3 Å². The van der Waals surface area contributed by atoms with Crippen LogP contribution in [0, 0.1) is 5.41 Å². The lowest BCUT2D eigenvalue weighted by molar-refractivity contribution is -0.134. The summed E-state index contributed by atoms with van der Waals surface area (Å²) in [6, 6.07) is 2.09. The van der Waals surface area contributed by atoms with E-state index < -0.39 is 0 Å². The van der Waals surface area contributed by atoms with Crippen LogP contribution in [-0.4, -0.2) is 65.7 Å². The maximum Gasteiger partial charge on any atom is 0.240 e. The predicted molar refractivity (Wildman–Crippen MR) is 99.3 cm³/mol. The van der Waals surface area contributed by atoms with E-state index in [0.29, 0.717) is 12.0 Å². The van der Waals surface area contributed by atoms with E-state index in [0.717, 1.165) is 37.4 Å². The summed E-state index contributed by atoms with van der Waals surface area (Å²) < 4.78 is 0. The van der Waals surface area contributed by atoms with Crippen molar-refractivity contribution < 1.29 is 4.79 Å². The molecule has 1 aromatic heterocycles. The maximum absolute atomic E-state index is 13.0. The van der Waals surface area contributed by atoms with E-state index in [1.807, 2.05) is 11.9 Å². The molecule has 2 aliphatic heterocycles. The zero-order valence-corrected chi connectivity index (χ0v) is 16.4. The van der Waals surface area contributed by atoms with Crippen molar-refractivity contribution in [3.05, 3.63) is 17.5 Å². The first-order chi connectivity index (χ1) is 11.7. The molecular formula is C19H33N5O. The fourth-order valence-electron chi connectivity index (χ4n) is 4.28. The molecule has 0 aliphatic carbocycles. The second-order valence-corrected chi connectivity index (χ2v) is 9.11. The number of piperidine rings is 1. The lowest BCUT2D eigenvalue weighted by atomic mass is 9.77. The van der Waals surface area contributed by atoms with Crippen molar-refractivity contribution in [1.29, 1.82) is 0 Å². The molecule has 3 heterocycles. The summed E-state index contributed by atoms with van der Waals surface area (Å²) in [6.07, 6.45) is 3.35. The first kappa shape index (κ1) is 18.4. The number of likely N-dealkylation sites (N-methyl/N-ethyl adjacent to an activating group) is 2. The summed E-state index contributed by atoms with van der Waals surface area (Å²) in [5.41, 5.74) is 2.38. The van der Waals surface area contributed by atoms with Gasteiger partial charge in [-0.3, -0.25) is 14.8 Å². The lowest BCUT2D eigenvalue weighted by Crippen LogP contribution is -2.42. The third kappa shape index (κ3) is 3.90. The highest BCUT2D eigenvalue weighted by Crippen LogP contribution is 2.41. The molecular weight excluding hydrogens is 314 g/mol. The van der Waals surface area contributed by atoms with E-state index >= 15 is 0 Å². The first-order valence-corrected chi connectivity index (χ1v) is 9.41. The molecule has 6 nitrogen and oxygen atoms in total. The molecule has 1 spiro atoms. The van der Waals surface area contributed by atoms with Gasteiger partial charge in [-0.05, 0) is 50.9 Å². The molecule has 0 bridgehead atoms. The summed E-state index contributed by atoms with van der Waals surface area (Å²) >= 11 is 0. The molecule has 0 radical (unpaired) electrons. The van der Waals surface area contributed by atoms with Crippen molar-refractivity contribution in [1.82, 2.24) is 25.3 Å². The largest absolute Gasteiger partial charge is 0.339 e. The quantitative estimate of drug-likeness (QED) is 0.874. The number of hydrogen-bond donors (Lipinski definition) is 2. The van der Waals surface area contributed by atoms with Crippen molar-refractivity contribution in [2.24, 2.45) is 5.41 Å². The Morgan fingerprint density at radius 3 is 2.68 bits per heavy atom. The third-order valence-corrected chi connectivity index (χ3v) is 5.88. The van der Waals surface area contributed by atoms with Gasteiger partial charge in [-0.25, -0.2) is 0 Å². The molecule has 0 saturated carbocycles. The van der Waals surface area contributed by atoms with E-state index in [1.165, 1.54) is 12.8 Å². The van der Waals surface area contributed by atoms with Crippen LogP contribution in [0.15, 0.2) is 6.07 Å². The van der Waals surface area contributed by atoms with Crippen LogP contribution in [-0.2, 0) is 16.8 Å². The van der Waals surface area contributed by atoms with E-state index in [1.54, 1.807) is 0 Å². The van der Waals surface area contributed by atoms with Crippen LogP contribution in [0.1, 0.15) is 51.4 Å². The minimum Gasteiger partial charge on any atom is -0.339 e. The first-order valence-electron chi connectivity index (χ1n) is 9.41. The van der Waals surface area contributed by atoms with Crippen LogP contribution < -0.4 is 5.32 Å². The number of hydrogen-bond acceptors (Lipinski definition) is 4. The highest BCUT2D eigenvalue weighted by atomic mass is 16.2. The number of nitrogens with zero attached hydrogens (tertiary/aromatic N) is 3. The fraction of sp³-hybridized carbons (Fsp3) is 0.789. The Bertz CT molecular complexity index is 612. The zero-order chi connectivity index (χ0) is 18.2. The molecule has 2 saturated heterocycles. The molecule has 1 atom stereocenters. The number of H-pyrrole nitrogens is 1. The summed E-state index contributed by atoms with van der Waals surface area (Å²) in [5.74, 6) is 0.227. The minimum atomic E-state index is 0.00751. The van der Waals surface area contributed by atoms with Gasteiger partial charge in [0.15, 0.2) is 0 Å². The third-order valence-electron chi connectivity index (χ3n) is 5.88. The van der Waals surface area contributed by atoms with Gasteiger partial charge in [0.1, 0.15) is 0 Å². The van der Waals surface area contributed by atoms with Crippen LogP contribution in [0.4, 0.5) is 0 Å².